The fourth-order valence-electron chi connectivity index (χ4n) is 1.73. The summed E-state index contributed by atoms with van der Waals surface area (Å²) >= 11 is 0. The zero-order chi connectivity index (χ0) is 9.80. The number of rotatable bonds is 2. The summed E-state index contributed by atoms with van der Waals surface area (Å²) in [6.45, 7) is 4.54. The second-order valence-electron chi connectivity index (χ2n) is 3.52. The molecule has 1 saturated heterocycles. The Bertz CT molecular complexity index is 295. The summed E-state index contributed by atoms with van der Waals surface area (Å²) in [6.07, 6.45) is 0. The summed E-state index contributed by atoms with van der Waals surface area (Å²) in [5.74, 6) is 0. The van der Waals surface area contributed by atoms with Crippen LogP contribution in [0.25, 0.3) is 0 Å². The van der Waals surface area contributed by atoms with Crippen molar-refractivity contribution in [3.05, 3.63) is 29.8 Å². The molecular weight excluding hydrogens is 176 g/mol. The third-order valence-electron chi connectivity index (χ3n) is 2.58. The summed E-state index contributed by atoms with van der Waals surface area (Å²) in [5.41, 5.74) is 6.50. The lowest BCUT2D eigenvalue weighted by atomic mass is 10.2. The van der Waals surface area contributed by atoms with Crippen LogP contribution in [-0.2, 0) is 11.3 Å². The molecular formula is C11H17N2O+. The number of quaternary nitrogens is 1. The normalized spacial score (nSPS) is 17.1. The molecule has 3 heteroatoms. The average molecular weight is 193 g/mol. The Morgan fingerprint density at radius 2 is 2.07 bits per heavy atom. The molecule has 1 aromatic carbocycles. The van der Waals surface area contributed by atoms with Crippen LogP contribution in [0.3, 0.4) is 0 Å². The van der Waals surface area contributed by atoms with E-state index in [9.17, 15) is 0 Å². The van der Waals surface area contributed by atoms with Crippen molar-refractivity contribution in [1.82, 2.24) is 0 Å². The van der Waals surface area contributed by atoms with Crippen molar-refractivity contribution in [1.29, 1.82) is 0 Å². The van der Waals surface area contributed by atoms with E-state index in [2.05, 4.69) is 34.9 Å². The maximum atomic E-state index is 5.32. The highest BCUT2D eigenvalue weighted by Gasteiger charge is 2.10. The van der Waals surface area contributed by atoms with Gasteiger partial charge in [0.1, 0.15) is 0 Å². The fourth-order valence-corrected chi connectivity index (χ4v) is 1.73. The van der Waals surface area contributed by atoms with Crippen LogP contribution in [0.1, 0.15) is 5.56 Å². The predicted molar refractivity (Wildman–Crippen MR) is 56.1 cm³/mol. The Labute approximate surface area is 84.5 Å². The Balaban J connectivity index is 2.13. The van der Waals surface area contributed by atoms with Crippen LogP contribution in [-0.4, -0.2) is 26.3 Å². The third kappa shape index (κ3) is 2.05. The lowest BCUT2D eigenvalue weighted by Crippen LogP contribution is -2.47. The van der Waals surface area contributed by atoms with Gasteiger partial charge in [0.15, 0.2) is 0 Å². The van der Waals surface area contributed by atoms with Crippen LogP contribution in [0.15, 0.2) is 24.3 Å². The van der Waals surface area contributed by atoms with Crippen LogP contribution in [0.4, 0.5) is 5.69 Å². The van der Waals surface area contributed by atoms with E-state index in [1.165, 1.54) is 11.3 Å². The van der Waals surface area contributed by atoms with Gasteiger partial charge in [-0.1, -0.05) is 12.1 Å². The Hall–Kier alpha value is -1.06. The summed E-state index contributed by atoms with van der Waals surface area (Å²) in [7, 11) is 0. The molecule has 1 aromatic rings. The zero-order valence-electron chi connectivity index (χ0n) is 8.41. The molecule has 0 amide bonds. The number of hydrogen-bond acceptors (Lipinski definition) is 2. The SMILES string of the molecule is [NH3+]Cc1cccc(N2CCOCC2)c1. The number of ether oxygens (including phenoxy) is 1. The average Bonchev–Trinajstić information content (AvgIpc) is 2.30. The maximum Gasteiger partial charge on any atom is 0.0998 e. The topological polar surface area (TPSA) is 40.1 Å². The van der Waals surface area contributed by atoms with Crippen LogP contribution < -0.4 is 10.6 Å². The van der Waals surface area contributed by atoms with Crippen LogP contribution in [0, 0.1) is 0 Å². The predicted octanol–water partition coefficient (Wildman–Crippen LogP) is 0.265. The van der Waals surface area contributed by atoms with E-state index in [0.717, 1.165) is 32.8 Å². The first-order valence-corrected chi connectivity index (χ1v) is 5.11. The largest absolute Gasteiger partial charge is 0.378 e. The second-order valence-corrected chi connectivity index (χ2v) is 3.52. The molecule has 3 N–H and O–H groups in total. The molecule has 76 valence electrons. The quantitative estimate of drug-likeness (QED) is 0.732. The molecule has 1 aliphatic heterocycles. The summed E-state index contributed by atoms with van der Waals surface area (Å²) < 4.78 is 5.32. The van der Waals surface area contributed by atoms with Gasteiger partial charge >= 0.3 is 0 Å². The van der Waals surface area contributed by atoms with Crippen molar-refractivity contribution in [2.75, 3.05) is 31.2 Å². The fraction of sp³-hybridized carbons (Fsp3) is 0.455. The van der Waals surface area contributed by atoms with Crippen molar-refractivity contribution < 1.29 is 10.5 Å². The highest BCUT2D eigenvalue weighted by molar-refractivity contribution is 5.48. The molecule has 2 rings (SSSR count). The molecule has 0 spiro atoms. The number of anilines is 1. The van der Waals surface area contributed by atoms with E-state index in [0.29, 0.717) is 0 Å². The van der Waals surface area contributed by atoms with E-state index >= 15 is 0 Å². The molecule has 0 unspecified atom stereocenters. The first-order valence-electron chi connectivity index (χ1n) is 5.11. The van der Waals surface area contributed by atoms with Gasteiger partial charge in [0.2, 0.25) is 0 Å². The minimum Gasteiger partial charge on any atom is -0.378 e. The van der Waals surface area contributed by atoms with Crippen molar-refractivity contribution in [3.63, 3.8) is 0 Å². The molecule has 0 bridgehead atoms. The number of hydrogen-bond donors (Lipinski definition) is 1. The molecule has 0 saturated carbocycles. The van der Waals surface area contributed by atoms with Crippen molar-refractivity contribution in [3.8, 4) is 0 Å². The van der Waals surface area contributed by atoms with Gasteiger partial charge in [-0.3, -0.25) is 0 Å². The second kappa shape index (κ2) is 4.44. The monoisotopic (exact) mass is 193 g/mol. The van der Waals surface area contributed by atoms with Crippen molar-refractivity contribution >= 4 is 5.69 Å². The van der Waals surface area contributed by atoms with E-state index < -0.39 is 0 Å². The van der Waals surface area contributed by atoms with Crippen LogP contribution in [0.2, 0.25) is 0 Å². The number of morpholine rings is 1. The van der Waals surface area contributed by atoms with E-state index in [-0.39, 0.29) is 0 Å². The molecule has 1 heterocycles. The molecule has 14 heavy (non-hydrogen) atoms. The molecule has 0 aliphatic carbocycles. The summed E-state index contributed by atoms with van der Waals surface area (Å²) in [4.78, 5) is 2.36. The van der Waals surface area contributed by atoms with E-state index in [1.54, 1.807) is 0 Å². The van der Waals surface area contributed by atoms with Gasteiger partial charge in [-0.25, -0.2) is 0 Å². The highest BCUT2D eigenvalue weighted by Crippen LogP contribution is 2.16. The zero-order valence-corrected chi connectivity index (χ0v) is 8.41. The van der Waals surface area contributed by atoms with E-state index in [4.69, 9.17) is 4.74 Å². The van der Waals surface area contributed by atoms with Crippen LogP contribution in [0.5, 0.6) is 0 Å². The maximum absolute atomic E-state index is 5.32. The minimum absolute atomic E-state index is 0.842. The first-order chi connectivity index (χ1) is 6.90. The van der Waals surface area contributed by atoms with Gasteiger partial charge in [-0.15, -0.1) is 0 Å². The van der Waals surface area contributed by atoms with Gasteiger partial charge in [-0.05, 0) is 12.1 Å². The molecule has 1 aliphatic rings. The van der Waals surface area contributed by atoms with Crippen molar-refractivity contribution in [2.45, 2.75) is 6.54 Å². The number of nitrogens with zero attached hydrogens (tertiary/aromatic N) is 1. The van der Waals surface area contributed by atoms with Gasteiger partial charge in [0.05, 0.1) is 19.8 Å². The van der Waals surface area contributed by atoms with Gasteiger partial charge < -0.3 is 15.4 Å². The van der Waals surface area contributed by atoms with Crippen LogP contribution >= 0.6 is 0 Å². The van der Waals surface area contributed by atoms with Gasteiger partial charge in [0, 0.05) is 24.3 Å². The van der Waals surface area contributed by atoms with Gasteiger partial charge in [0.25, 0.3) is 0 Å². The van der Waals surface area contributed by atoms with Crippen molar-refractivity contribution in [2.24, 2.45) is 0 Å². The molecule has 3 nitrogen and oxygen atoms in total. The molecule has 0 aromatic heterocycles. The summed E-state index contributed by atoms with van der Waals surface area (Å²) in [5, 5.41) is 0. The lowest BCUT2D eigenvalue weighted by Gasteiger charge is -2.29. The number of benzene rings is 1. The summed E-state index contributed by atoms with van der Waals surface area (Å²) in [6, 6.07) is 8.60. The van der Waals surface area contributed by atoms with Gasteiger partial charge in [-0.2, -0.15) is 0 Å². The minimum atomic E-state index is 0.842. The molecule has 0 atom stereocenters. The first kappa shape index (κ1) is 9.49. The lowest BCUT2D eigenvalue weighted by molar-refractivity contribution is -0.386. The Kier molecular flexibility index (Phi) is 3.01. The van der Waals surface area contributed by atoms with E-state index in [1.807, 2.05) is 0 Å². The highest BCUT2D eigenvalue weighted by atomic mass is 16.5. The third-order valence-corrected chi connectivity index (χ3v) is 2.58. The Morgan fingerprint density at radius 1 is 1.29 bits per heavy atom. The smallest absolute Gasteiger partial charge is 0.0998 e. The standard InChI is InChI=1S/C11H16N2O/c12-9-10-2-1-3-11(8-10)13-4-6-14-7-5-13/h1-3,8H,4-7,9,12H2/p+1. The molecule has 1 fully saturated rings. The Morgan fingerprint density at radius 3 is 2.79 bits per heavy atom. The molecule has 0 radical (unpaired) electrons.